The highest BCUT2D eigenvalue weighted by Gasteiger charge is 2.28. The molecule has 0 spiro atoms. The molecule has 0 unspecified atom stereocenters. The number of nitrogens with zero attached hydrogens (tertiary/aromatic N) is 4. The zero-order valence-electron chi connectivity index (χ0n) is 17.6. The molecule has 5 rings (SSSR count). The van der Waals surface area contributed by atoms with Crippen LogP contribution in [0.3, 0.4) is 0 Å². The summed E-state index contributed by atoms with van der Waals surface area (Å²) < 4.78 is 0. The van der Waals surface area contributed by atoms with Gasteiger partial charge in [0.15, 0.2) is 0 Å². The fraction of sp³-hybridized carbons (Fsp3) is 0.696. The number of piperazine rings is 1. The van der Waals surface area contributed by atoms with Gasteiger partial charge in [-0.2, -0.15) is 0 Å². The SMILES string of the molecule is CC(=O)N1CCN(c2nc(C3CCCCC3)nc3sc4c(c23)CCCCC4)CC1. The lowest BCUT2D eigenvalue weighted by Gasteiger charge is -2.35. The van der Waals surface area contributed by atoms with Gasteiger partial charge in [0.25, 0.3) is 0 Å². The molecule has 2 aromatic heterocycles. The van der Waals surface area contributed by atoms with Gasteiger partial charge >= 0.3 is 0 Å². The second-order valence-corrected chi connectivity index (χ2v) is 10.1. The highest BCUT2D eigenvalue weighted by atomic mass is 32.1. The normalized spacial score (nSPS) is 21.3. The predicted molar refractivity (Wildman–Crippen MR) is 119 cm³/mol. The first kappa shape index (κ1) is 19.3. The maximum atomic E-state index is 11.8. The van der Waals surface area contributed by atoms with Crippen molar-refractivity contribution in [3.8, 4) is 0 Å². The van der Waals surface area contributed by atoms with Gasteiger partial charge in [-0.25, -0.2) is 9.97 Å². The molecule has 0 aromatic carbocycles. The molecule has 29 heavy (non-hydrogen) atoms. The summed E-state index contributed by atoms with van der Waals surface area (Å²) >= 11 is 1.93. The summed E-state index contributed by atoms with van der Waals surface area (Å²) in [5.41, 5.74) is 1.53. The molecule has 2 fully saturated rings. The van der Waals surface area contributed by atoms with Gasteiger partial charge in [-0.3, -0.25) is 4.79 Å². The van der Waals surface area contributed by atoms with E-state index in [0.29, 0.717) is 5.92 Å². The Balaban J connectivity index is 1.57. The molecule has 1 aliphatic heterocycles. The first-order chi connectivity index (χ1) is 14.2. The number of rotatable bonds is 2. The Morgan fingerprint density at radius 1 is 0.931 bits per heavy atom. The molecule has 5 nitrogen and oxygen atoms in total. The molecule has 3 heterocycles. The molecular weight excluding hydrogens is 380 g/mol. The van der Waals surface area contributed by atoms with Crippen LogP contribution in [0.5, 0.6) is 0 Å². The summed E-state index contributed by atoms with van der Waals surface area (Å²) in [5.74, 6) is 2.95. The lowest BCUT2D eigenvalue weighted by atomic mass is 9.88. The topological polar surface area (TPSA) is 49.3 Å². The van der Waals surface area contributed by atoms with E-state index in [1.165, 1.54) is 80.0 Å². The van der Waals surface area contributed by atoms with Gasteiger partial charge in [0.2, 0.25) is 5.91 Å². The Morgan fingerprint density at radius 3 is 2.41 bits per heavy atom. The summed E-state index contributed by atoms with van der Waals surface area (Å²) in [6.07, 6.45) is 12.7. The number of anilines is 1. The zero-order valence-corrected chi connectivity index (χ0v) is 18.4. The van der Waals surface area contributed by atoms with Crippen LogP contribution in [-0.2, 0) is 17.6 Å². The summed E-state index contributed by atoms with van der Waals surface area (Å²) in [6, 6.07) is 0. The minimum absolute atomic E-state index is 0.185. The fourth-order valence-electron chi connectivity index (χ4n) is 5.34. The summed E-state index contributed by atoms with van der Waals surface area (Å²) in [5, 5.41) is 1.34. The average Bonchev–Trinajstić information content (AvgIpc) is 2.94. The van der Waals surface area contributed by atoms with Crippen LogP contribution in [0.15, 0.2) is 0 Å². The number of hydrogen-bond donors (Lipinski definition) is 0. The van der Waals surface area contributed by atoms with Crippen molar-refractivity contribution in [3.63, 3.8) is 0 Å². The van der Waals surface area contributed by atoms with E-state index < -0.39 is 0 Å². The van der Waals surface area contributed by atoms with Crippen LogP contribution in [-0.4, -0.2) is 47.0 Å². The van der Waals surface area contributed by atoms with Crippen LogP contribution in [0.25, 0.3) is 10.2 Å². The number of aromatic nitrogens is 2. The second-order valence-electron chi connectivity index (χ2n) is 8.98. The van der Waals surface area contributed by atoms with Crippen LogP contribution in [0, 0.1) is 0 Å². The number of fused-ring (bicyclic) bond motifs is 3. The molecule has 3 aliphatic rings. The van der Waals surface area contributed by atoms with Crippen LogP contribution >= 0.6 is 11.3 Å². The minimum atomic E-state index is 0.185. The quantitative estimate of drug-likeness (QED) is 0.672. The smallest absolute Gasteiger partial charge is 0.219 e. The number of carbonyl (C=O) groups is 1. The molecule has 1 amide bonds. The van der Waals surface area contributed by atoms with Gasteiger partial charge in [-0.15, -0.1) is 11.3 Å². The molecule has 156 valence electrons. The molecule has 0 bridgehead atoms. The standard InChI is InChI=1S/C23H32N4OS/c1-16(28)26-12-14-27(15-13-26)22-20-18-10-6-3-7-11-19(18)29-23(20)25-21(24-22)17-8-4-2-5-9-17/h17H,2-15H2,1H3. The van der Waals surface area contributed by atoms with Gasteiger partial charge in [0.05, 0.1) is 5.39 Å². The molecule has 0 atom stereocenters. The van der Waals surface area contributed by atoms with Crippen molar-refractivity contribution >= 4 is 33.3 Å². The number of amides is 1. The lowest BCUT2D eigenvalue weighted by Crippen LogP contribution is -2.48. The highest BCUT2D eigenvalue weighted by Crippen LogP contribution is 2.41. The number of hydrogen-bond acceptors (Lipinski definition) is 5. The molecule has 0 radical (unpaired) electrons. The monoisotopic (exact) mass is 412 g/mol. The van der Waals surface area contributed by atoms with E-state index in [1.807, 2.05) is 16.2 Å². The molecule has 0 N–H and O–H groups in total. The Labute approximate surface area is 177 Å². The van der Waals surface area contributed by atoms with E-state index in [1.54, 1.807) is 11.8 Å². The third kappa shape index (κ3) is 3.76. The van der Waals surface area contributed by atoms with E-state index >= 15 is 0 Å². The maximum Gasteiger partial charge on any atom is 0.219 e. The highest BCUT2D eigenvalue weighted by molar-refractivity contribution is 7.19. The van der Waals surface area contributed by atoms with Crippen LogP contribution < -0.4 is 4.90 Å². The zero-order chi connectivity index (χ0) is 19.8. The lowest BCUT2D eigenvalue weighted by molar-refractivity contribution is -0.129. The first-order valence-electron chi connectivity index (χ1n) is 11.5. The van der Waals surface area contributed by atoms with Crippen LogP contribution in [0.1, 0.15) is 80.5 Å². The van der Waals surface area contributed by atoms with Gasteiger partial charge in [-0.1, -0.05) is 25.7 Å². The molecular formula is C23H32N4OS. The molecule has 6 heteroatoms. The minimum Gasteiger partial charge on any atom is -0.352 e. The first-order valence-corrected chi connectivity index (χ1v) is 12.3. The van der Waals surface area contributed by atoms with Crippen molar-refractivity contribution in [3.05, 3.63) is 16.3 Å². The third-order valence-corrected chi connectivity index (χ3v) is 8.24. The van der Waals surface area contributed by atoms with Crippen molar-refractivity contribution in [1.82, 2.24) is 14.9 Å². The van der Waals surface area contributed by atoms with Crippen molar-refractivity contribution in [1.29, 1.82) is 0 Å². The van der Waals surface area contributed by atoms with E-state index in [9.17, 15) is 4.79 Å². The third-order valence-electron chi connectivity index (χ3n) is 7.06. The number of aryl methyl sites for hydroxylation is 2. The maximum absolute atomic E-state index is 11.8. The van der Waals surface area contributed by atoms with E-state index in [-0.39, 0.29) is 5.91 Å². The molecule has 1 saturated carbocycles. The fourth-order valence-corrected chi connectivity index (χ4v) is 6.60. The van der Waals surface area contributed by atoms with Crippen molar-refractivity contribution < 1.29 is 4.79 Å². The van der Waals surface area contributed by atoms with E-state index in [0.717, 1.165) is 37.8 Å². The van der Waals surface area contributed by atoms with Gasteiger partial charge in [0, 0.05) is 43.9 Å². The van der Waals surface area contributed by atoms with E-state index in [2.05, 4.69) is 4.90 Å². The molecule has 2 aromatic rings. The van der Waals surface area contributed by atoms with Gasteiger partial charge < -0.3 is 9.80 Å². The van der Waals surface area contributed by atoms with Crippen molar-refractivity contribution in [2.75, 3.05) is 31.1 Å². The van der Waals surface area contributed by atoms with Crippen molar-refractivity contribution in [2.24, 2.45) is 0 Å². The van der Waals surface area contributed by atoms with E-state index in [4.69, 9.17) is 9.97 Å². The predicted octanol–water partition coefficient (Wildman–Crippen LogP) is 4.68. The largest absolute Gasteiger partial charge is 0.352 e. The number of carbonyl (C=O) groups excluding carboxylic acids is 1. The average molecular weight is 413 g/mol. The van der Waals surface area contributed by atoms with Crippen molar-refractivity contribution in [2.45, 2.75) is 77.0 Å². The van der Waals surface area contributed by atoms with Crippen LogP contribution in [0.4, 0.5) is 5.82 Å². The second kappa shape index (κ2) is 8.21. The van der Waals surface area contributed by atoms with Gasteiger partial charge in [0.1, 0.15) is 16.5 Å². The molecule has 1 saturated heterocycles. The Kier molecular flexibility index (Phi) is 5.46. The van der Waals surface area contributed by atoms with Crippen LogP contribution in [0.2, 0.25) is 0 Å². The van der Waals surface area contributed by atoms with Gasteiger partial charge in [-0.05, 0) is 44.1 Å². The summed E-state index contributed by atoms with van der Waals surface area (Å²) in [7, 11) is 0. The Bertz CT molecular complexity index is 894. The molecule has 2 aliphatic carbocycles. The Morgan fingerprint density at radius 2 is 1.66 bits per heavy atom. The Hall–Kier alpha value is -1.69. The summed E-state index contributed by atoms with van der Waals surface area (Å²) in [4.78, 5) is 29.4. The summed E-state index contributed by atoms with van der Waals surface area (Å²) in [6.45, 7) is 5.02. The number of thiophene rings is 1.